The number of unbranched alkanes of at least 4 members (excludes halogenated alkanes) is 51. The van der Waals surface area contributed by atoms with Gasteiger partial charge in [-0.25, -0.2) is 0 Å². The third-order valence-corrected chi connectivity index (χ3v) is 15.6. The molecule has 426 valence electrons. The molecule has 3 N–H and O–H groups in total. The van der Waals surface area contributed by atoms with Crippen molar-refractivity contribution in [1.82, 2.24) is 5.32 Å². The summed E-state index contributed by atoms with van der Waals surface area (Å²) in [4.78, 5) is 12.5. The van der Waals surface area contributed by atoms with Crippen molar-refractivity contribution in [2.24, 2.45) is 0 Å². The molecule has 0 spiro atoms. The minimum atomic E-state index is -0.838. The molecule has 1 amide bonds. The molecule has 4 heteroatoms. The van der Waals surface area contributed by atoms with Crippen molar-refractivity contribution in [3.8, 4) is 0 Å². The van der Waals surface area contributed by atoms with E-state index >= 15 is 0 Å². The Kier molecular flexibility index (Phi) is 62.7. The molecular formula is C68H131NO3. The van der Waals surface area contributed by atoms with Crippen LogP contribution in [-0.4, -0.2) is 34.9 Å². The molecule has 0 aliphatic carbocycles. The predicted molar refractivity (Wildman–Crippen MR) is 322 cm³/mol. The van der Waals surface area contributed by atoms with Gasteiger partial charge in [-0.3, -0.25) is 4.79 Å². The first-order valence-electron chi connectivity index (χ1n) is 33.2. The lowest BCUT2D eigenvalue weighted by Crippen LogP contribution is -2.45. The zero-order chi connectivity index (χ0) is 52.0. The van der Waals surface area contributed by atoms with Gasteiger partial charge in [-0.1, -0.05) is 352 Å². The molecule has 0 saturated carbocycles. The summed E-state index contributed by atoms with van der Waals surface area (Å²) < 4.78 is 0. The number of rotatable bonds is 62. The number of aliphatic hydroxyl groups is 2. The van der Waals surface area contributed by atoms with E-state index in [0.29, 0.717) is 6.42 Å². The van der Waals surface area contributed by atoms with E-state index in [1.807, 2.05) is 6.08 Å². The van der Waals surface area contributed by atoms with E-state index in [9.17, 15) is 15.0 Å². The third kappa shape index (κ3) is 59.5. The van der Waals surface area contributed by atoms with Gasteiger partial charge in [0.15, 0.2) is 0 Å². The summed E-state index contributed by atoms with van der Waals surface area (Å²) in [5.74, 6) is -0.0557. The van der Waals surface area contributed by atoms with Gasteiger partial charge in [0, 0.05) is 6.42 Å². The Hall–Kier alpha value is -1.39. The van der Waals surface area contributed by atoms with Gasteiger partial charge >= 0.3 is 0 Å². The van der Waals surface area contributed by atoms with Crippen molar-refractivity contribution in [1.29, 1.82) is 0 Å². The Balaban J connectivity index is 3.40. The highest BCUT2D eigenvalue weighted by atomic mass is 16.3. The molecule has 0 aliphatic heterocycles. The first-order valence-corrected chi connectivity index (χ1v) is 33.2. The molecule has 4 nitrogen and oxygen atoms in total. The molecule has 0 aromatic rings. The average molecular weight is 1010 g/mol. The molecule has 0 aromatic heterocycles. The van der Waals surface area contributed by atoms with Crippen LogP contribution in [0.5, 0.6) is 0 Å². The molecule has 0 saturated heterocycles. The molecule has 0 aliphatic rings. The van der Waals surface area contributed by atoms with Crippen molar-refractivity contribution < 1.29 is 15.0 Å². The van der Waals surface area contributed by atoms with Crippen LogP contribution in [0.15, 0.2) is 36.5 Å². The maximum atomic E-state index is 12.5. The highest BCUT2D eigenvalue weighted by molar-refractivity contribution is 5.76. The SMILES string of the molecule is CCCCCCC/C=C\C/C=C\CCCCCCCCCCCCCCCCCCCCCCCCCCCC(=O)NC(CO)C(O)/C=C/CCCCCCCCCCCCCCCCCCCCCCC. The number of carbonyl (C=O) groups is 1. The summed E-state index contributed by atoms with van der Waals surface area (Å²) in [6.45, 7) is 4.34. The van der Waals surface area contributed by atoms with E-state index in [1.54, 1.807) is 6.08 Å². The second-order valence-corrected chi connectivity index (χ2v) is 22.9. The van der Waals surface area contributed by atoms with Crippen molar-refractivity contribution in [3.05, 3.63) is 36.5 Å². The number of carbonyl (C=O) groups excluding carboxylic acids is 1. The summed E-state index contributed by atoms with van der Waals surface area (Å²) in [7, 11) is 0. The van der Waals surface area contributed by atoms with E-state index in [0.717, 1.165) is 32.1 Å². The fourth-order valence-corrected chi connectivity index (χ4v) is 10.6. The summed E-state index contributed by atoms with van der Waals surface area (Å²) in [6.07, 6.45) is 87.9. The summed E-state index contributed by atoms with van der Waals surface area (Å²) >= 11 is 0. The van der Waals surface area contributed by atoms with Crippen LogP contribution in [0.3, 0.4) is 0 Å². The van der Waals surface area contributed by atoms with Crippen LogP contribution in [0.2, 0.25) is 0 Å². The van der Waals surface area contributed by atoms with Crippen molar-refractivity contribution in [2.45, 2.75) is 386 Å². The van der Waals surface area contributed by atoms with E-state index in [4.69, 9.17) is 0 Å². The monoisotopic (exact) mass is 1010 g/mol. The highest BCUT2D eigenvalue weighted by Gasteiger charge is 2.18. The smallest absolute Gasteiger partial charge is 0.220 e. The fraction of sp³-hybridized carbons (Fsp3) is 0.897. The minimum Gasteiger partial charge on any atom is -0.394 e. The summed E-state index contributed by atoms with van der Waals surface area (Å²) in [5, 5.41) is 23.3. The molecular weight excluding hydrogens is 879 g/mol. The van der Waals surface area contributed by atoms with Gasteiger partial charge in [-0.05, 0) is 51.4 Å². The standard InChI is InChI=1S/C68H131NO3/c1-3-5-7-9-11-13-15-17-19-21-23-25-27-28-29-30-31-32-33-34-35-36-37-38-39-40-42-44-46-48-50-52-54-56-58-60-62-64-68(72)69-66(65-70)67(71)63-61-59-57-55-53-51-49-47-45-43-41-26-24-22-20-18-16-14-12-10-8-6-4-2/h15,17,21,23,61,63,66-67,70-71H,3-14,16,18-20,22,24-60,62,64-65H2,1-2H3,(H,69,72)/b17-15-,23-21-,63-61+. The Morgan fingerprint density at radius 1 is 0.333 bits per heavy atom. The minimum absolute atomic E-state index is 0.0557. The lowest BCUT2D eigenvalue weighted by Gasteiger charge is -2.20. The average Bonchev–Trinajstić information content (AvgIpc) is 3.39. The van der Waals surface area contributed by atoms with Crippen molar-refractivity contribution >= 4 is 5.91 Å². The number of allylic oxidation sites excluding steroid dienone is 5. The van der Waals surface area contributed by atoms with Gasteiger partial charge in [-0.15, -0.1) is 0 Å². The van der Waals surface area contributed by atoms with Crippen LogP contribution >= 0.6 is 0 Å². The maximum absolute atomic E-state index is 12.5. The van der Waals surface area contributed by atoms with E-state index in [-0.39, 0.29) is 12.5 Å². The van der Waals surface area contributed by atoms with Crippen LogP contribution in [-0.2, 0) is 4.79 Å². The van der Waals surface area contributed by atoms with Crippen LogP contribution in [0.1, 0.15) is 373 Å². The highest BCUT2D eigenvalue weighted by Crippen LogP contribution is 2.19. The van der Waals surface area contributed by atoms with Gasteiger partial charge in [0.1, 0.15) is 0 Å². The third-order valence-electron chi connectivity index (χ3n) is 15.6. The van der Waals surface area contributed by atoms with Gasteiger partial charge in [-0.2, -0.15) is 0 Å². The lowest BCUT2D eigenvalue weighted by atomic mass is 10.0. The van der Waals surface area contributed by atoms with Crippen molar-refractivity contribution in [3.63, 3.8) is 0 Å². The molecule has 0 fully saturated rings. The fourth-order valence-electron chi connectivity index (χ4n) is 10.6. The zero-order valence-corrected chi connectivity index (χ0v) is 49.2. The van der Waals surface area contributed by atoms with E-state index in [1.165, 1.54) is 321 Å². The largest absolute Gasteiger partial charge is 0.394 e. The molecule has 0 bridgehead atoms. The Labute approximate surface area is 452 Å². The van der Waals surface area contributed by atoms with E-state index < -0.39 is 12.1 Å². The maximum Gasteiger partial charge on any atom is 0.220 e. The van der Waals surface area contributed by atoms with Crippen LogP contribution in [0, 0.1) is 0 Å². The predicted octanol–water partition coefficient (Wildman–Crippen LogP) is 22.4. The number of nitrogens with one attached hydrogen (secondary N) is 1. The molecule has 0 radical (unpaired) electrons. The number of hydrogen-bond donors (Lipinski definition) is 3. The molecule has 0 rings (SSSR count). The topological polar surface area (TPSA) is 69.6 Å². The molecule has 0 heterocycles. The Bertz CT molecular complexity index is 1100. The van der Waals surface area contributed by atoms with Crippen LogP contribution in [0.4, 0.5) is 0 Å². The van der Waals surface area contributed by atoms with Gasteiger partial charge in [0.25, 0.3) is 0 Å². The van der Waals surface area contributed by atoms with E-state index in [2.05, 4.69) is 43.5 Å². The zero-order valence-electron chi connectivity index (χ0n) is 49.2. The molecule has 0 aromatic carbocycles. The second kappa shape index (κ2) is 63.9. The molecule has 72 heavy (non-hydrogen) atoms. The lowest BCUT2D eigenvalue weighted by molar-refractivity contribution is -0.123. The normalized spacial score (nSPS) is 12.9. The van der Waals surface area contributed by atoms with Gasteiger partial charge in [0.05, 0.1) is 18.8 Å². The Morgan fingerprint density at radius 2 is 0.569 bits per heavy atom. The van der Waals surface area contributed by atoms with Crippen molar-refractivity contribution in [2.75, 3.05) is 6.61 Å². The van der Waals surface area contributed by atoms with Crippen LogP contribution in [0.25, 0.3) is 0 Å². The second-order valence-electron chi connectivity index (χ2n) is 22.9. The van der Waals surface area contributed by atoms with Crippen LogP contribution < -0.4 is 5.32 Å². The summed E-state index contributed by atoms with van der Waals surface area (Å²) in [5.41, 5.74) is 0. The quantitative estimate of drug-likeness (QED) is 0.0420. The van der Waals surface area contributed by atoms with Gasteiger partial charge < -0.3 is 15.5 Å². The first-order chi connectivity index (χ1) is 35.7. The summed E-state index contributed by atoms with van der Waals surface area (Å²) in [6, 6.07) is -0.621. The Morgan fingerprint density at radius 3 is 0.833 bits per heavy atom. The molecule has 2 atom stereocenters. The number of hydrogen-bond acceptors (Lipinski definition) is 3. The molecule has 2 unspecified atom stereocenters. The first kappa shape index (κ1) is 70.6. The van der Waals surface area contributed by atoms with Gasteiger partial charge in [0.2, 0.25) is 5.91 Å². The number of aliphatic hydroxyl groups excluding tert-OH is 2. The number of amides is 1.